The SMILES string of the molecule is CCCCOCCCNC(=NC)NCc1cccc(Cn2ccnc2)c1. The highest BCUT2D eigenvalue weighted by Crippen LogP contribution is 2.07. The number of ether oxygens (including phenoxy) is 1. The molecule has 0 fully saturated rings. The topological polar surface area (TPSA) is 63.5 Å². The number of unbranched alkanes of at least 4 members (excludes halogenated alkanes) is 1. The zero-order valence-electron chi connectivity index (χ0n) is 15.9. The van der Waals surface area contributed by atoms with Crippen molar-refractivity contribution in [1.82, 2.24) is 20.2 Å². The van der Waals surface area contributed by atoms with Crippen molar-refractivity contribution in [1.29, 1.82) is 0 Å². The van der Waals surface area contributed by atoms with Crippen LogP contribution in [0.3, 0.4) is 0 Å². The average Bonchev–Trinajstić information content (AvgIpc) is 3.17. The fourth-order valence-corrected chi connectivity index (χ4v) is 2.56. The van der Waals surface area contributed by atoms with Crippen LogP contribution in [-0.2, 0) is 17.8 Å². The Balaban J connectivity index is 1.69. The molecule has 0 spiro atoms. The second kappa shape index (κ2) is 12.1. The van der Waals surface area contributed by atoms with Gasteiger partial charge in [-0.05, 0) is 24.0 Å². The van der Waals surface area contributed by atoms with Gasteiger partial charge in [-0.25, -0.2) is 4.98 Å². The van der Waals surface area contributed by atoms with Crippen LogP contribution in [0.2, 0.25) is 0 Å². The first kappa shape index (κ1) is 20.0. The Kier molecular flexibility index (Phi) is 9.29. The standard InChI is InChI=1S/C20H31N5O/c1-3-4-12-26-13-6-9-23-20(21-2)24-15-18-7-5-8-19(14-18)16-25-11-10-22-17-25/h5,7-8,10-11,14,17H,3-4,6,9,12-13,15-16H2,1-2H3,(H2,21,23,24). The predicted octanol–water partition coefficient (Wildman–Crippen LogP) is 2.80. The van der Waals surface area contributed by atoms with Gasteiger partial charge in [-0.2, -0.15) is 0 Å². The van der Waals surface area contributed by atoms with E-state index in [1.807, 2.05) is 12.5 Å². The largest absolute Gasteiger partial charge is 0.381 e. The summed E-state index contributed by atoms with van der Waals surface area (Å²) in [6.07, 6.45) is 8.90. The van der Waals surface area contributed by atoms with Crippen LogP contribution >= 0.6 is 0 Å². The van der Waals surface area contributed by atoms with Crippen molar-refractivity contribution in [2.24, 2.45) is 4.99 Å². The highest BCUT2D eigenvalue weighted by atomic mass is 16.5. The summed E-state index contributed by atoms with van der Waals surface area (Å²) >= 11 is 0. The number of aliphatic imine (C=N–C) groups is 1. The molecule has 0 aliphatic carbocycles. The number of rotatable bonds is 11. The van der Waals surface area contributed by atoms with Gasteiger partial charge in [-0.1, -0.05) is 37.6 Å². The maximum absolute atomic E-state index is 5.57. The number of hydrogen-bond acceptors (Lipinski definition) is 3. The molecule has 0 radical (unpaired) electrons. The number of imidazole rings is 1. The van der Waals surface area contributed by atoms with E-state index in [4.69, 9.17) is 4.74 Å². The van der Waals surface area contributed by atoms with E-state index < -0.39 is 0 Å². The van der Waals surface area contributed by atoms with Crippen LogP contribution in [0.25, 0.3) is 0 Å². The molecule has 2 aromatic rings. The number of nitrogens with zero attached hydrogens (tertiary/aromatic N) is 3. The molecule has 0 amide bonds. The van der Waals surface area contributed by atoms with E-state index in [-0.39, 0.29) is 0 Å². The number of hydrogen-bond donors (Lipinski definition) is 2. The van der Waals surface area contributed by atoms with Gasteiger partial charge in [-0.3, -0.25) is 4.99 Å². The highest BCUT2D eigenvalue weighted by Gasteiger charge is 2.00. The van der Waals surface area contributed by atoms with Gasteiger partial charge in [0.2, 0.25) is 0 Å². The minimum absolute atomic E-state index is 0.741. The van der Waals surface area contributed by atoms with E-state index in [1.54, 1.807) is 13.2 Å². The maximum Gasteiger partial charge on any atom is 0.191 e. The molecule has 0 saturated carbocycles. The van der Waals surface area contributed by atoms with Crippen molar-refractivity contribution < 1.29 is 4.74 Å². The summed E-state index contributed by atoms with van der Waals surface area (Å²) < 4.78 is 7.63. The Morgan fingerprint density at radius 2 is 2.04 bits per heavy atom. The van der Waals surface area contributed by atoms with Crippen molar-refractivity contribution in [3.05, 3.63) is 54.1 Å². The van der Waals surface area contributed by atoms with E-state index in [0.29, 0.717) is 0 Å². The number of benzene rings is 1. The Hall–Kier alpha value is -2.34. The Bertz CT molecular complexity index is 639. The second-order valence-electron chi connectivity index (χ2n) is 6.23. The monoisotopic (exact) mass is 357 g/mol. The zero-order chi connectivity index (χ0) is 18.5. The molecule has 2 N–H and O–H groups in total. The molecule has 1 aromatic carbocycles. The van der Waals surface area contributed by atoms with E-state index >= 15 is 0 Å². The summed E-state index contributed by atoms with van der Waals surface area (Å²) in [5.74, 6) is 0.818. The molecule has 6 nitrogen and oxygen atoms in total. The van der Waals surface area contributed by atoms with Crippen LogP contribution in [0.1, 0.15) is 37.3 Å². The van der Waals surface area contributed by atoms with Crippen LogP contribution in [0, 0.1) is 0 Å². The van der Waals surface area contributed by atoms with Crippen molar-refractivity contribution in [3.8, 4) is 0 Å². The molecule has 0 saturated heterocycles. The average molecular weight is 358 g/mol. The summed E-state index contributed by atoms with van der Waals surface area (Å²) in [5, 5.41) is 6.69. The number of guanidine groups is 1. The summed E-state index contributed by atoms with van der Waals surface area (Å²) in [5.41, 5.74) is 2.49. The van der Waals surface area contributed by atoms with Crippen molar-refractivity contribution in [3.63, 3.8) is 0 Å². The number of nitrogens with one attached hydrogen (secondary N) is 2. The molecule has 0 aliphatic heterocycles. The van der Waals surface area contributed by atoms with Crippen molar-refractivity contribution in [2.75, 3.05) is 26.8 Å². The second-order valence-corrected chi connectivity index (χ2v) is 6.23. The van der Waals surface area contributed by atoms with E-state index in [2.05, 4.69) is 56.4 Å². The van der Waals surface area contributed by atoms with Crippen molar-refractivity contribution >= 4 is 5.96 Å². The number of aromatic nitrogens is 2. The third kappa shape index (κ3) is 7.70. The van der Waals surface area contributed by atoms with Gasteiger partial charge in [0, 0.05) is 52.3 Å². The first-order chi connectivity index (χ1) is 12.8. The minimum atomic E-state index is 0.741. The minimum Gasteiger partial charge on any atom is -0.381 e. The molecule has 6 heteroatoms. The van der Waals surface area contributed by atoms with Crippen LogP contribution in [0.15, 0.2) is 48.0 Å². The lowest BCUT2D eigenvalue weighted by Gasteiger charge is -2.13. The summed E-state index contributed by atoms with van der Waals surface area (Å²) in [7, 11) is 1.79. The highest BCUT2D eigenvalue weighted by molar-refractivity contribution is 5.79. The first-order valence-corrected chi connectivity index (χ1v) is 9.37. The summed E-state index contributed by atoms with van der Waals surface area (Å²) in [4.78, 5) is 8.36. The van der Waals surface area contributed by atoms with Gasteiger partial charge < -0.3 is 19.9 Å². The molecule has 142 valence electrons. The van der Waals surface area contributed by atoms with Crippen LogP contribution in [0.4, 0.5) is 0 Å². The van der Waals surface area contributed by atoms with Gasteiger partial charge in [0.05, 0.1) is 6.33 Å². The molecule has 1 heterocycles. The lowest BCUT2D eigenvalue weighted by molar-refractivity contribution is 0.129. The molecule has 26 heavy (non-hydrogen) atoms. The first-order valence-electron chi connectivity index (χ1n) is 9.37. The van der Waals surface area contributed by atoms with Gasteiger partial charge in [-0.15, -0.1) is 0 Å². The van der Waals surface area contributed by atoms with E-state index in [1.165, 1.54) is 17.5 Å². The molecular weight excluding hydrogens is 326 g/mol. The van der Waals surface area contributed by atoms with Crippen molar-refractivity contribution in [2.45, 2.75) is 39.3 Å². The van der Waals surface area contributed by atoms with Gasteiger partial charge in [0.25, 0.3) is 0 Å². The van der Waals surface area contributed by atoms with Gasteiger partial charge >= 0.3 is 0 Å². The molecule has 0 atom stereocenters. The predicted molar refractivity (Wildman–Crippen MR) is 106 cm³/mol. The third-order valence-electron chi connectivity index (χ3n) is 4.00. The Morgan fingerprint density at radius 1 is 1.19 bits per heavy atom. The quantitative estimate of drug-likeness (QED) is 0.369. The fourth-order valence-electron chi connectivity index (χ4n) is 2.56. The molecule has 0 unspecified atom stereocenters. The lowest BCUT2D eigenvalue weighted by Crippen LogP contribution is -2.37. The molecule has 0 aliphatic rings. The smallest absolute Gasteiger partial charge is 0.191 e. The summed E-state index contributed by atoms with van der Waals surface area (Å²) in [6, 6.07) is 8.56. The zero-order valence-corrected chi connectivity index (χ0v) is 15.9. The van der Waals surface area contributed by atoms with Gasteiger partial charge in [0.1, 0.15) is 0 Å². The third-order valence-corrected chi connectivity index (χ3v) is 4.00. The fraction of sp³-hybridized carbons (Fsp3) is 0.500. The Labute approximate surface area is 156 Å². The molecule has 2 rings (SSSR count). The van der Waals surface area contributed by atoms with Crippen LogP contribution < -0.4 is 10.6 Å². The maximum atomic E-state index is 5.57. The van der Waals surface area contributed by atoms with Crippen LogP contribution in [-0.4, -0.2) is 42.3 Å². The van der Waals surface area contributed by atoms with E-state index in [0.717, 1.165) is 51.6 Å². The lowest BCUT2D eigenvalue weighted by atomic mass is 10.1. The van der Waals surface area contributed by atoms with Gasteiger partial charge in [0.15, 0.2) is 5.96 Å². The van der Waals surface area contributed by atoms with Crippen LogP contribution in [0.5, 0.6) is 0 Å². The van der Waals surface area contributed by atoms with E-state index in [9.17, 15) is 0 Å². The molecule has 1 aromatic heterocycles. The molecule has 0 bridgehead atoms. The normalized spacial score (nSPS) is 11.5. The Morgan fingerprint density at radius 3 is 2.81 bits per heavy atom. The molecular formula is C20H31N5O. The summed E-state index contributed by atoms with van der Waals surface area (Å²) in [6.45, 7) is 6.25.